The van der Waals surface area contributed by atoms with E-state index in [9.17, 15) is 0 Å². The van der Waals surface area contributed by atoms with Crippen molar-refractivity contribution in [3.8, 4) is 5.88 Å². The molecule has 2 rings (SSSR count). The first-order valence-corrected chi connectivity index (χ1v) is 4.52. The highest BCUT2D eigenvalue weighted by Gasteiger charge is 2.15. The Morgan fingerprint density at radius 2 is 2.43 bits per heavy atom. The number of nitrogens with two attached hydrogens (primary N) is 1. The molecule has 1 saturated heterocycles. The quantitative estimate of drug-likeness (QED) is 0.756. The SMILES string of the molecule is COc1nc(N2CCCO2)ccc1N. The number of aromatic nitrogens is 1. The van der Waals surface area contributed by atoms with Crippen molar-refractivity contribution < 1.29 is 9.57 Å². The van der Waals surface area contributed by atoms with Gasteiger partial charge >= 0.3 is 0 Å². The number of ether oxygens (including phenoxy) is 1. The highest BCUT2D eigenvalue weighted by molar-refractivity contribution is 5.53. The van der Waals surface area contributed by atoms with Crippen LogP contribution in [0.2, 0.25) is 0 Å². The van der Waals surface area contributed by atoms with E-state index in [2.05, 4.69) is 4.98 Å². The third-order valence-electron chi connectivity index (χ3n) is 2.08. The minimum atomic E-state index is 0.443. The zero-order valence-corrected chi connectivity index (χ0v) is 8.06. The van der Waals surface area contributed by atoms with Gasteiger partial charge in [-0.15, -0.1) is 0 Å². The Morgan fingerprint density at radius 3 is 3.07 bits per heavy atom. The van der Waals surface area contributed by atoms with Crippen LogP contribution in [0.25, 0.3) is 0 Å². The van der Waals surface area contributed by atoms with E-state index in [4.69, 9.17) is 15.3 Å². The van der Waals surface area contributed by atoms with Crippen molar-refractivity contribution in [1.29, 1.82) is 0 Å². The van der Waals surface area contributed by atoms with Gasteiger partial charge in [0.1, 0.15) is 0 Å². The molecule has 1 aliphatic heterocycles. The van der Waals surface area contributed by atoms with Crippen LogP contribution in [-0.4, -0.2) is 25.2 Å². The Morgan fingerprint density at radius 1 is 1.57 bits per heavy atom. The maximum atomic E-state index is 5.65. The number of pyridine rings is 1. The molecule has 5 heteroatoms. The van der Waals surface area contributed by atoms with Gasteiger partial charge in [-0.2, -0.15) is 4.98 Å². The predicted molar refractivity (Wildman–Crippen MR) is 53.1 cm³/mol. The fourth-order valence-corrected chi connectivity index (χ4v) is 1.37. The Balaban J connectivity index is 2.25. The van der Waals surface area contributed by atoms with Crippen LogP contribution < -0.4 is 15.5 Å². The second kappa shape index (κ2) is 3.71. The van der Waals surface area contributed by atoms with Gasteiger partial charge in [0.2, 0.25) is 5.88 Å². The molecule has 5 nitrogen and oxygen atoms in total. The van der Waals surface area contributed by atoms with Gasteiger partial charge in [0.05, 0.1) is 19.4 Å². The average Bonchev–Trinajstić information content (AvgIpc) is 2.71. The van der Waals surface area contributed by atoms with E-state index >= 15 is 0 Å². The molecule has 0 atom stereocenters. The molecule has 1 aromatic rings. The molecule has 0 spiro atoms. The van der Waals surface area contributed by atoms with Gasteiger partial charge in [0.15, 0.2) is 5.82 Å². The van der Waals surface area contributed by atoms with Crippen molar-refractivity contribution in [2.75, 3.05) is 31.1 Å². The minimum Gasteiger partial charge on any atom is -0.479 e. The first-order valence-electron chi connectivity index (χ1n) is 4.52. The third kappa shape index (κ3) is 1.58. The van der Waals surface area contributed by atoms with Crippen LogP contribution in [0.1, 0.15) is 6.42 Å². The van der Waals surface area contributed by atoms with E-state index in [1.54, 1.807) is 18.2 Å². The van der Waals surface area contributed by atoms with Crippen molar-refractivity contribution in [1.82, 2.24) is 4.98 Å². The maximum Gasteiger partial charge on any atom is 0.238 e. The summed E-state index contributed by atoms with van der Waals surface area (Å²) in [6.45, 7) is 1.61. The maximum absolute atomic E-state index is 5.65. The average molecular weight is 195 g/mol. The van der Waals surface area contributed by atoms with Crippen molar-refractivity contribution in [2.45, 2.75) is 6.42 Å². The predicted octanol–water partition coefficient (Wildman–Crippen LogP) is 0.814. The number of methoxy groups -OCH3 is 1. The molecule has 1 fully saturated rings. The first-order chi connectivity index (χ1) is 6.81. The van der Waals surface area contributed by atoms with E-state index in [1.165, 1.54) is 0 Å². The van der Waals surface area contributed by atoms with E-state index in [1.807, 2.05) is 6.07 Å². The molecule has 0 radical (unpaired) electrons. The molecule has 2 heterocycles. The topological polar surface area (TPSA) is 60.6 Å². The highest BCUT2D eigenvalue weighted by atomic mass is 16.7. The van der Waals surface area contributed by atoms with Gasteiger partial charge in [-0.05, 0) is 18.6 Å². The lowest BCUT2D eigenvalue weighted by Gasteiger charge is -2.15. The van der Waals surface area contributed by atoms with Crippen LogP contribution in [0, 0.1) is 0 Å². The second-order valence-corrected chi connectivity index (χ2v) is 3.06. The molecule has 1 aromatic heterocycles. The summed E-state index contributed by atoms with van der Waals surface area (Å²) in [6.07, 6.45) is 1.02. The van der Waals surface area contributed by atoms with Gasteiger partial charge in [0, 0.05) is 6.54 Å². The summed E-state index contributed by atoms with van der Waals surface area (Å²) in [6, 6.07) is 3.59. The van der Waals surface area contributed by atoms with Crippen molar-refractivity contribution in [2.24, 2.45) is 0 Å². The van der Waals surface area contributed by atoms with E-state index in [0.29, 0.717) is 11.6 Å². The van der Waals surface area contributed by atoms with Gasteiger partial charge in [-0.25, -0.2) is 5.06 Å². The smallest absolute Gasteiger partial charge is 0.238 e. The zero-order valence-electron chi connectivity index (χ0n) is 8.06. The summed E-state index contributed by atoms with van der Waals surface area (Å²) >= 11 is 0. The summed E-state index contributed by atoms with van der Waals surface area (Å²) in [7, 11) is 1.55. The molecule has 0 amide bonds. The Kier molecular flexibility index (Phi) is 2.41. The molecule has 0 unspecified atom stereocenters. The van der Waals surface area contributed by atoms with Crippen molar-refractivity contribution >= 4 is 11.5 Å². The normalized spacial score (nSPS) is 15.9. The number of rotatable bonds is 2. The van der Waals surface area contributed by atoms with Crippen LogP contribution in [0.3, 0.4) is 0 Å². The molecule has 14 heavy (non-hydrogen) atoms. The van der Waals surface area contributed by atoms with E-state index in [-0.39, 0.29) is 0 Å². The number of nitrogen functional groups attached to an aromatic ring is 1. The fraction of sp³-hybridized carbons (Fsp3) is 0.444. The summed E-state index contributed by atoms with van der Waals surface area (Å²) in [4.78, 5) is 9.58. The number of hydrogen-bond acceptors (Lipinski definition) is 5. The Hall–Kier alpha value is -1.49. The highest BCUT2D eigenvalue weighted by Crippen LogP contribution is 2.24. The molecule has 0 saturated carbocycles. The molecule has 2 N–H and O–H groups in total. The van der Waals surface area contributed by atoms with Gasteiger partial charge in [0.25, 0.3) is 0 Å². The Bertz CT molecular complexity index is 324. The van der Waals surface area contributed by atoms with Gasteiger partial charge in [-0.3, -0.25) is 4.84 Å². The van der Waals surface area contributed by atoms with E-state index < -0.39 is 0 Å². The Labute approximate surface area is 82.4 Å². The van der Waals surface area contributed by atoms with Crippen LogP contribution in [0.4, 0.5) is 11.5 Å². The van der Waals surface area contributed by atoms with Gasteiger partial charge in [-0.1, -0.05) is 0 Å². The van der Waals surface area contributed by atoms with Gasteiger partial charge < -0.3 is 10.5 Å². The molecular formula is C9H13N3O2. The van der Waals surface area contributed by atoms with Crippen molar-refractivity contribution in [3.63, 3.8) is 0 Å². The van der Waals surface area contributed by atoms with Crippen LogP contribution in [-0.2, 0) is 4.84 Å². The van der Waals surface area contributed by atoms with Crippen LogP contribution in [0.5, 0.6) is 5.88 Å². The minimum absolute atomic E-state index is 0.443. The molecule has 0 aromatic carbocycles. The standard InChI is InChI=1S/C9H13N3O2/c1-13-9-7(10)3-4-8(11-9)12-5-2-6-14-12/h3-4H,2,5-6,10H2,1H3. The molecule has 0 bridgehead atoms. The number of anilines is 2. The first kappa shape index (κ1) is 9.08. The number of hydrogen-bond donors (Lipinski definition) is 1. The lowest BCUT2D eigenvalue weighted by atomic mass is 10.4. The largest absolute Gasteiger partial charge is 0.479 e. The molecule has 1 aliphatic rings. The summed E-state index contributed by atoms with van der Waals surface area (Å²) in [5.74, 6) is 1.19. The molecule has 0 aliphatic carbocycles. The lowest BCUT2D eigenvalue weighted by molar-refractivity contribution is 0.166. The summed E-state index contributed by atoms with van der Waals surface area (Å²) in [5, 5.41) is 1.75. The zero-order chi connectivity index (χ0) is 9.97. The summed E-state index contributed by atoms with van der Waals surface area (Å²) < 4.78 is 5.03. The monoisotopic (exact) mass is 195 g/mol. The molecular weight excluding hydrogens is 182 g/mol. The van der Waals surface area contributed by atoms with Crippen LogP contribution >= 0.6 is 0 Å². The third-order valence-corrected chi connectivity index (χ3v) is 2.08. The number of nitrogens with zero attached hydrogens (tertiary/aromatic N) is 2. The fourth-order valence-electron chi connectivity index (χ4n) is 1.37. The van der Waals surface area contributed by atoms with E-state index in [0.717, 1.165) is 25.4 Å². The molecule has 76 valence electrons. The number of hydroxylamine groups is 1. The lowest BCUT2D eigenvalue weighted by Crippen LogP contribution is -2.17. The van der Waals surface area contributed by atoms with Crippen molar-refractivity contribution in [3.05, 3.63) is 12.1 Å². The second-order valence-electron chi connectivity index (χ2n) is 3.06. The summed E-state index contributed by atoms with van der Waals surface area (Å²) in [5.41, 5.74) is 6.19. The van der Waals surface area contributed by atoms with Crippen LogP contribution in [0.15, 0.2) is 12.1 Å².